The largest absolute Gasteiger partial charge is 0.332 e. The third-order valence-corrected chi connectivity index (χ3v) is 6.57. The van der Waals surface area contributed by atoms with Gasteiger partial charge in [0.25, 0.3) is 0 Å². The van der Waals surface area contributed by atoms with E-state index in [0.29, 0.717) is 0 Å². The maximum Gasteiger partial charge on any atom is 0.101 e. The molecule has 3 aromatic carbocycles. The van der Waals surface area contributed by atoms with Crippen molar-refractivity contribution >= 4 is 39.5 Å². The molecule has 32 heavy (non-hydrogen) atoms. The summed E-state index contributed by atoms with van der Waals surface area (Å²) in [6.07, 6.45) is 8.10. The first-order valence-electron chi connectivity index (χ1n) is 10.9. The Hall–Kier alpha value is -4.18. The fourth-order valence-electron chi connectivity index (χ4n) is 5.26. The van der Waals surface area contributed by atoms with E-state index in [0.717, 1.165) is 16.7 Å². The second-order valence-electron chi connectivity index (χ2n) is 8.29. The van der Waals surface area contributed by atoms with Gasteiger partial charge >= 0.3 is 0 Å². The lowest BCUT2D eigenvalue weighted by molar-refractivity contribution is 0.667. The van der Waals surface area contributed by atoms with E-state index >= 15 is 0 Å². The lowest BCUT2D eigenvalue weighted by atomic mass is 10.0. The number of aliphatic imine (C=N–C) groups is 1. The lowest BCUT2D eigenvalue weighted by Gasteiger charge is -2.28. The minimum Gasteiger partial charge on any atom is -0.332 e. The number of rotatable bonds is 2. The van der Waals surface area contributed by atoms with E-state index in [1.165, 1.54) is 27.8 Å². The first-order valence-corrected chi connectivity index (χ1v) is 10.9. The van der Waals surface area contributed by atoms with Crippen molar-refractivity contribution in [1.29, 1.82) is 0 Å². The van der Waals surface area contributed by atoms with Gasteiger partial charge in [0.05, 0.1) is 22.6 Å². The molecular weight excluding hydrogens is 392 g/mol. The molecule has 4 nitrogen and oxygen atoms in total. The van der Waals surface area contributed by atoms with Gasteiger partial charge in [-0.3, -0.25) is 9.98 Å². The normalized spacial score (nSPS) is 18.9. The number of benzene rings is 3. The fraction of sp³-hybridized carbons (Fsp3) is 0.0714. The van der Waals surface area contributed by atoms with Gasteiger partial charge in [-0.2, -0.15) is 0 Å². The van der Waals surface area contributed by atoms with Gasteiger partial charge in [-0.1, -0.05) is 48.5 Å². The number of dihydropyridines is 1. The topological polar surface area (TPSA) is 33.4 Å². The highest BCUT2D eigenvalue weighted by atomic mass is 15.2. The molecule has 5 aromatic rings. The van der Waals surface area contributed by atoms with Gasteiger partial charge in [0.2, 0.25) is 0 Å². The van der Waals surface area contributed by atoms with E-state index in [9.17, 15) is 0 Å². The zero-order valence-electron chi connectivity index (χ0n) is 17.3. The molecule has 0 amide bonds. The molecule has 4 heterocycles. The van der Waals surface area contributed by atoms with Crippen molar-refractivity contribution in [2.24, 2.45) is 4.99 Å². The van der Waals surface area contributed by atoms with Crippen LogP contribution in [0.1, 0.15) is 11.6 Å². The van der Waals surface area contributed by atoms with Crippen molar-refractivity contribution in [3.8, 4) is 5.69 Å². The lowest BCUT2D eigenvalue weighted by Crippen LogP contribution is -2.28. The summed E-state index contributed by atoms with van der Waals surface area (Å²) in [5, 5.41) is 1.17. The van der Waals surface area contributed by atoms with Crippen LogP contribution < -0.4 is 4.90 Å². The van der Waals surface area contributed by atoms with Crippen molar-refractivity contribution in [3.05, 3.63) is 109 Å². The summed E-state index contributed by atoms with van der Waals surface area (Å²) in [6.45, 7) is 0. The van der Waals surface area contributed by atoms with Crippen LogP contribution in [0.4, 0.5) is 11.4 Å². The molecule has 0 fully saturated rings. The van der Waals surface area contributed by atoms with Crippen molar-refractivity contribution < 1.29 is 0 Å². The summed E-state index contributed by atoms with van der Waals surface area (Å²) < 4.78 is 2.31. The molecule has 2 atom stereocenters. The van der Waals surface area contributed by atoms with Gasteiger partial charge in [0.1, 0.15) is 6.04 Å². The summed E-state index contributed by atoms with van der Waals surface area (Å²) in [7, 11) is 0. The third kappa shape index (κ3) is 2.38. The van der Waals surface area contributed by atoms with Crippen LogP contribution in [0.15, 0.2) is 108 Å². The Balaban J connectivity index is 1.45. The zero-order valence-corrected chi connectivity index (χ0v) is 17.3. The molecule has 0 saturated heterocycles. The van der Waals surface area contributed by atoms with E-state index in [4.69, 9.17) is 4.99 Å². The summed E-state index contributed by atoms with van der Waals surface area (Å²) in [4.78, 5) is 11.9. The molecule has 2 aromatic heterocycles. The van der Waals surface area contributed by atoms with Gasteiger partial charge in [-0.05, 0) is 48.5 Å². The van der Waals surface area contributed by atoms with E-state index in [1.807, 2.05) is 18.5 Å². The number of allylic oxidation sites excluding steroid dienone is 1. The van der Waals surface area contributed by atoms with Crippen molar-refractivity contribution in [2.75, 3.05) is 4.90 Å². The van der Waals surface area contributed by atoms with Crippen LogP contribution in [0.5, 0.6) is 0 Å². The second-order valence-corrected chi connectivity index (χ2v) is 8.29. The fourth-order valence-corrected chi connectivity index (χ4v) is 5.26. The Labute approximate surface area is 185 Å². The summed E-state index contributed by atoms with van der Waals surface area (Å²) >= 11 is 0. The van der Waals surface area contributed by atoms with Gasteiger partial charge < -0.3 is 9.47 Å². The number of fused-ring (bicyclic) bond motifs is 6. The van der Waals surface area contributed by atoms with Gasteiger partial charge in [0, 0.05) is 40.4 Å². The summed E-state index contributed by atoms with van der Waals surface area (Å²) in [5.41, 5.74) is 8.12. The van der Waals surface area contributed by atoms with Crippen LogP contribution in [-0.4, -0.2) is 21.8 Å². The predicted octanol–water partition coefficient (Wildman–Crippen LogP) is 6.38. The first kappa shape index (κ1) is 17.5. The molecule has 152 valence electrons. The van der Waals surface area contributed by atoms with Crippen LogP contribution in [0.2, 0.25) is 0 Å². The molecule has 4 heteroatoms. The Morgan fingerprint density at radius 2 is 1.59 bits per heavy atom. The Morgan fingerprint density at radius 3 is 2.59 bits per heavy atom. The molecule has 0 saturated carbocycles. The van der Waals surface area contributed by atoms with Gasteiger partial charge in [-0.25, -0.2) is 0 Å². The van der Waals surface area contributed by atoms with Gasteiger partial charge in [0.15, 0.2) is 0 Å². The molecule has 2 unspecified atom stereocenters. The van der Waals surface area contributed by atoms with Crippen molar-refractivity contribution in [2.45, 2.75) is 12.1 Å². The number of anilines is 2. The van der Waals surface area contributed by atoms with Crippen molar-refractivity contribution in [1.82, 2.24) is 9.55 Å². The minimum absolute atomic E-state index is 0.136. The van der Waals surface area contributed by atoms with Crippen LogP contribution >= 0.6 is 0 Å². The highest BCUT2D eigenvalue weighted by molar-refractivity contribution is 6.07. The van der Waals surface area contributed by atoms with E-state index in [-0.39, 0.29) is 12.1 Å². The van der Waals surface area contributed by atoms with E-state index in [2.05, 4.69) is 105 Å². The van der Waals surface area contributed by atoms with Crippen LogP contribution in [0.3, 0.4) is 0 Å². The predicted molar refractivity (Wildman–Crippen MR) is 131 cm³/mol. The quantitative estimate of drug-likeness (QED) is 0.337. The zero-order chi connectivity index (χ0) is 21.1. The maximum atomic E-state index is 4.80. The average molecular weight is 412 g/mol. The standard InChI is InChI=1S/C28H20N4/c1-3-12-23-21(10-1)27-25(14-6-16-29-27)31(23)19-8-5-9-20(18-19)32-24-13-4-2-11-22(24)28-26(32)15-7-17-30-28/h1-18,25,27H. The van der Waals surface area contributed by atoms with Crippen LogP contribution in [0, 0.1) is 0 Å². The molecule has 0 radical (unpaired) electrons. The molecular formula is C28H20N4. The molecule has 0 aliphatic carbocycles. The van der Waals surface area contributed by atoms with E-state index < -0.39 is 0 Å². The Morgan fingerprint density at radius 1 is 0.750 bits per heavy atom. The second kappa shape index (κ2) is 6.66. The molecule has 0 bridgehead atoms. The average Bonchev–Trinajstić information content (AvgIpc) is 3.37. The maximum absolute atomic E-state index is 4.80. The number of aromatic nitrogens is 2. The smallest absolute Gasteiger partial charge is 0.101 e. The van der Waals surface area contributed by atoms with Gasteiger partial charge in [-0.15, -0.1) is 0 Å². The molecule has 7 rings (SSSR count). The summed E-state index contributed by atoms with van der Waals surface area (Å²) in [5.74, 6) is 0. The minimum atomic E-state index is 0.136. The third-order valence-electron chi connectivity index (χ3n) is 6.57. The molecule has 0 spiro atoms. The van der Waals surface area contributed by atoms with E-state index in [1.54, 1.807) is 0 Å². The van der Waals surface area contributed by atoms with Crippen LogP contribution in [0.25, 0.3) is 27.6 Å². The Bertz CT molecular complexity index is 1510. The monoisotopic (exact) mass is 412 g/mol. The highest BCUT2D eigenvalue weighted by Gasteiger charge is 2.38. The highest BCUT2D eigenvalue weighted by Crippen LogP contribution is 2.47. The number of nitrogens with zero attached hydrogens (tertiary/aromatic N) is 4. The Kier molecular flexibility index (Phi) is 3.64. The number of para-hydroxylation sites is 2. The van der Waals surface area contributed by atoms with Crippen LogP contribution in [-0.2, 0) is 0 Å². The molecule has 0 N–H and O–H groups in total. The number of hydrogen-bond acceptors (Lipinski definition) is 3. The molecule has 2 aliphatic heterocycles. The SMILES string of the molecule is C1=CC2C(N=C1)c1ccccc1N2c1cccc(-n2c3ccccc3c3ncccc32)c1. The number of hydrogen-bond donors (Lipinski definition) is 0. The number of pyridine rings is 1. The molecule has 2 aliphatic rings. The first-order chi connectivity index (χ1) is 15.9. The van der Waals surface area contributed by atoms with Crippen molar-refractivity contribution in [3.63, 3.8) is 0 Å². The summed E-state index contributed by atoms with van der Waals surface area (Å²) in [6, 6.07) is 30.4.